The smallest absolute Gasteiger partial charge is 0.236 e. The van der Waals surface area contributed by atoms with Crippen LogP contribution in [0.25, 0.3) is 0 Å². The molecule has 1 aromatic heterocycles. The fourth-order valence-electron chi connectivity index (χ4n) is 1.56. The van der Waals surface area contributed by atoms with Crippen LogP contribution in [0.1, 0.15) is 11.4 Å². The lowest BCUT2D eigenvalue weighted by Gasteiger charge is -1.93. The van der Waals surface area contributed by atoms with Gasteiger partial charge in [0.25, 0.3) is 0 Å². The van der Waals surface area contributed by atoms with E-state index in [1.165, 1.54) is 5.56 Å². The van der Waals surface area contributed by atoms with E-state index in [1.54, 1.807) is 4.68 Å². The molecule has 0 radical (unpaired) electrons. The minimum Gasteiger partial charge on any atom is -0.236 e. The number of nitroso groups, excluding NO2 is 1. The summed E-state index contributed by atoms with van der Waals surface area (Å²) < 4.78 is 3.61. The van der Waals surface area contributed by atoms with Gasteiger partial charge in [0.05, 0.1) is 7.05 Å². The van der Waals surface area contributed by atoms with Crippen LogP contribution in [-0.2, 0) is 20.1 Å². The van der Waals surface area contributed by atoms with Gasteiger partial charge < -0.3 is 0 Å². The molecule has 0 N–H and O–H groups in total. The predicted octanol–water partition coefficient (Wildman–Crippen LogP) is 1.02. The van der Waals surface area contributed by atoms with Gasteiger partial charge in [-0.3, -0.25) is 0 Å². The summed E-state index contributed by atoms with van der Waals surface area (Å²) >= 11 is 0. The monoisotopic (exact) mass is 217 g/mol. The molecule has 2 rings (SSSR count). The average Bonchev–Trinajstić information content (AvgIpc) is 2.61. The molecule has 5 heteroatoms. The third-order valence-electron chi connectivity index (χ3n) is 2.35. The minimum absolute atomic E-state index is 0.109. The van der Waals surface area contributed by atoms with E-state index in [4.69, 9.17) is 0 Å². The topological polar surface area (TPSA) is 51.1 Å². The molecule has 0 aliphatic heterocycles. The van der Waals surface area contributed by atoms with E-state index < -0.39 is 0 Å². The molecule has 2 aromatic rings. The highest BCUT2D eigenvalue weighted by Gasteiger charge is 2.13. The lowest BCUT2D eigenvalue weighted by molar-refractivity contribution is -0.679. The van der Waals surface area contributed by atoms with Crippen LogP contribution in [0.15, 0.2) is 41.8 Å². The summed E-state index contributed by atoms with van der Waals surface area (Å²) in [6, 6.07) is 10.0. The van der Waals surface area contributed by atoms with Crippen molar-refractivity contribution in [2.24, 2.45) is 12.2 Å². The van der Waals surface area contributed by atoms with Crippen molar-refractivity contribution in [3.63, 3.8) is 0 Å². The van der Waals surface area contributed by atoms with Crippen LogP contribution in [0, 0.1) is 4.91 Å². The summed E-state index contributed by atoms with van der Waals surface area (Å²) in [6.07, 6.45) is 1.85. The first-order chi connectivity index (χ1) is 7.79. The van der Waals surface area contributed by atoms with Gasteiger partial charge in [0.15, 0.2) is 6.54 Å². The van der Waals surface area contributed by atoms with Crippen molar-refractivity contribution in [3.05, 3.63) is 53.0 Å². The molecule has 0 spiro atoms. The molecule has 16 heavy (non-hydrogen) atoms. The number of hydrogen-bond acceptors (Lipinski definition) is 3. The number of aryl methyl sites for hydroxylation is 1. The molecule has 0 bridgehead atoms. The Labute approximate surface area is 93.3 Å². The van der Waals surface area contributed by atoms with Crippen LogP contribution in [0.4, 0.5) is 0 Å². The van der Waals surface area contributed by atoms with E-state index in [1.807, 2.05) is 48.3 Å². The predicted molar refractivity (Wildman–Crippen MR) is 58.4 cm³/mol. The SMILES string of the molecule is C[n+]1cn(Cc2ccccc2)nc1CN=O. The molecule has 0 unspecified atom stereocenters. The Hall–Kier alpha value is -2.04. The Kier molecular flexibility index (Phi) is 3.05. The third-order valence-corrected chi connectivity index (χ3v) is 2.35. The number of benzene rings is 1. The zero-order valence-corrected chi connectivity index (χ0v) is 9.08. The Morgan fingerprint density at radius 2 is 2.12 bits per heavy atom. The first kappa shape index (κ1) is 10.5. The highest BCUT2D eigenvalue weighted by Crippen LogP contribution is 2.00. The Morgan fingerprint density at radius 3 is 2.81 bits per heavy atom. The maximum absolute atomic E-state index is 10.2. The zero-order valence-electron chi connectivity index (χ0n) is 9.08. The van der Waals surface area contributed by atoms with E-state index in [-0.39, 0.29) is 6.54 Å². The van der Waals surface area contributed by atoms with Gasteiger partial charge in [-0.25, -0.2) is 4.57 Å². The Bertz CT molecular complexity index is 478. The molecule has 0 saturated carbocycles. The van der Waals surface area contributed by atoms with Crippen molar-refractivity contribution in [2.45, 2.75) is 13.1 Å². The van der Waals surface area contributed by atoms with Crippen molar-refractivity contribution in [1.29, 1.82) is 0 Å². The molecule has 0 aliphatic carbocycles. The van der Waals surface area contributed by atoms with Crippen molar-refractivity contribution in [2.75, 3.05) is 0 Å². The van der Waals surface area contributed by atoms with Gasteiger partial charge in [0, 0.05) is 5.10 Å². The van der Waals surface area contributed by atoms with E-state index in [2.05, 4.69) is 10.3 Å². The largest absolute Gasteiger partial charge is 0.302 e. The van der Waals surface area contributed by atoms with Crippen LogP contribution in [0.5, 0.6) is 0 Å². The molecule has 82 valence electrons. The Morgan fingerprint density at radius 1 is 1.38 bits per heavy atom. The van der Waals surface area contributed by atoms with E-state index >= 15 is 0 Å². The number of hydrogen-bond donors (Lipinski definition) is 0. The third kappa shape index (κ3) is 2.31. The Balaban J connectivity index is 2.16. The standard InChI is InChI=1S/C11H13N4O/c1-14-9-15(13-11(14)7-12-16)8-10-5-3-2-4-6-10/h2-6,9H,7-8H2,1H3/q+1. The molecule has 0 amide bonds. The molecular formula is C11H13N4O+. The molecule has 1 heterocycles. The second kappa shape index (κ2) is 4.65. The fraction of sp³-hybridized carbons (Fsp3) is 0.273. The first-order valence-electron chi connectivity index (χ1n) is 5.04. The first-order valence-corrected chi connectivity index (χ1v) is 5.04. The second-order valence-corrected chi connectivity index (χ2v) is 3.61. The van der Waals surface area contributed by atoms with E-state index in [0.717, 1.165) is 0 Å². The molecule has 0 aliphatic rings. The van der Waals surface area contributed by atoms with Gasteiger partial charge in [-0.1, -0.05) is 35.5 Å². The molecule has 0 saturated heterocycles. The van der Waals surface area contributed by atoms with Gasteiger partial charge in [0.1, 0.15) is 6.54 Å². The summed E-state index contributed by atoms with van der Waals surface area (Å²) in [7, 11) is 1.86. The maximum atomic E-state index is 10.2. The quantitative estimate of drug-likeness (QED) is 0.567. The number of nitrogens with zero attached hydrogens (tertiary/aromatic N) is 4. The minimum atomic E-state index is 0.109. The van der Waals surface area contributed by atoms with Crippen LogP contribution in [0.2, 0.25) is 0 Å². The molecule has 0 atom stereocenters. The van der Waals surface area contributed by atoms with Gasteiger partial charge in [-0.2, -0.15) is 4.91 Å². The summed E-state index contributed by atoms with van der Waals surface area (Å²) in [5, 5.41) is 7.12. The lowest BCUT2D eigenvalue weighted by atomic mass is 10.2. The van der Waals surface area contributed by atoms with Crippen molar-refractivity contribution in [1.82, 2.24) is 9.78 Å². The molecule has 5 nitrogen and oxygen atoms in total. The van der Waals surface area contributed by atoms with Crippen molar-refractivity contribution < 1.29 is 4.57 Å². The van der Waals surface area contributed by atoms with Crippen molar-refractivity contribution in [3.8, 4) is 0 Å². The summed E-state index contributed by atoms with van der Waals surface area (Å²) in [5.41, 5.74) is 1.18. The second-order valence-electron chi connectivity index (χ2n) is 3.61. The van der Waals surface area contributed by atoms with Gasteiger partial charge >= 0.3 is 5.82 Å². The molecular weight excluding hydrogens is 204 g/mol. The highest BCUT2D eigenvalue weighted by molar-refractivity contribution is 5.14. The zero-order chi connectivity index (χ0) is 11.4. The normalized spacial score (nSPS) is 10.3. The van der Waals surface area contributed by atoms with E-state index in [9.17, 15) is 4.91 Å². The van der Waals surface area contributed by atoms with Gasteiger partial charge in [-0.05, 0) is 5.56 Å². The van der Waals surface area contributed by atoms with Gasteiger partial charge in [-0.15, -0.1) is 4.68 Å². The maximum Gasteiger partial charge on any atom is 0.302 e. The lowest BCUT2D eigenvalue weighted by Crippen LogP contribution is -2.30. The average molecular weight is 217 g/mol. The van der Waals surface area contributed by atoms with Crippen molar-refractivity contribution >= 4 is 0 Å². The summed E-state index contributed by atoms with van der Waals surface area (Å²) in [4.78, 5) is 10.2. The molecule has 0 fully saturated rings. The summed E-state index contributed by atoms with van der Waals surface area (Å²) in [6.45, 7) is 0.811. The number of aromatic nitrogens is 3. The highest BCUT2D eigenvalue weighted by atomic mass is 16.3. The van der Waals surface area contributed by atoms with Crippen LogP contribution < -0.4 is 4.57 Å². The van der Waals surface area contributed by atoms with Crippen LogP contribution >= 0.6 is 0 Å². The molecule has 1 aromatic carbocycles. The van der Waals surface area contributed by atoms with Crippen LogP contribution in [0.3, 0.4) is 0 Å². The number of rotatable bonds is 4. The van der Waals surface area contributed by atoms with Crippen LogP contribution in [-0.4, -0.2) is 9.78 Å². The summed E-state index contributed by atoms with van der Waals surface area (Å²) in [5.74, 6) is 0.672. The van der Waals surface area contributed by atoms with E-state index in [0.29, 0.717) is 12.4 Å². The van der Waals surface area contributed by atoms with Gasteiger partial charge in [0.2, 0.25) is 6.33 Å². The fourth-order valence-corrected chi connectivity index (χ4v) is 1.56.